The first kappa shape index (κ1) is 19.4. The molecular weight excluding hydrogens is 338 g/mol. The summed E-state index contributed by atoms with van der Waals surface area (Å²) < 4.78 is 2.00. The van der Waals surface area contributed by atoms with Crippen molar-refractivity contribution in [1.82, 2.24) is 30.3 Å². The summed E-state index contributed by atoms with van der Waals surface area (Å²) in [6, 6.07) is 10.3. The third kappa shape index (κ3) is 6.06. The second-order valence-electron chi connectivity index (χ2n) is 7.06. The fourth-order valence-electron chi connectivity index (χ4n) is 3.21. The zero-order valence-electron chi connectivity index (χ0n) is 16.5. The molecule has 1 aromatic carbocycles. The topological polar surface area (TPSA) is 70.4 Å². The summed E-state index contributed by atoms with van der Waals surface area (Å²) in [4.78, 5) is 7.27. The number of nitrogens with zero attached hydrogens (tertiary/aromatic N) is 5. The van der Waals surface area contributed by atoms with Gasteiger partial charge in [-0.25, -0.2) is 4.99 Å². The average Bonchev–Trinajstić information content (AvgIpc) is 3.03. The van der Waals surface area contributed by atoms with Crippen molar-refractivity contribution in [3.63, 3.8) is 0 Å². The van der Waals surface area contributed by atoms with Gasteiger partial charge in [0.2, 0.25) is 0 Å². The zero-order chi connectivity index (χ0) is 18.9. The van der Waals surface area contributed by atoms with Gasteiger partial charge in [0, 0.05) is 20.1 Å². The van der Waals surface area contributed by atoms with Gasteiger partial charge in [-0.1, -0.05) is 36.8 Å². The van der Waals surface area contributed by atoms with E-state index in [4.69, 9.17) is 4.99 Å². The van der Waals surface area contributed by atoms with Crippen LogP contribution in [-0.2, 0) is 20.1 Å². The molecule has 0 amide bonds. The first-order valence-corrected chi connectivity index (χ1v) is 9.86. The van der Waals surface area contributed by atoms with E-state index < -0.39 is 0 Å². The molecule has 0 unspecified atom stereocenters. The number of aliphatic imine (C=N–C) groups is 1. The highest BCUT2D eigenvalue weighted by Crippen LogP contribution is 2.07. The summed E-state index contributed by atoms with van der Waals surface area (Å²) in [5.41, 5.74) is 1.20. The molecule has 2 heterocycles. The van der Waals surface area contributed by atoms with Crippen LogP contribution in [0.15, 0.2) is 35.3 Å². The van der Waals surface area contributed by atoms with Gasteiger partial charge in [0.25, 0.3) is 0 Å². The van der Waals surface area contributed by atoms with E-state index in [1.165, 1.54) is 37.9 Å². The maximum Gasteiger partial charge on any atom is 0.192 e. The highest BCUT2D eigenvalue weighted by molar-refractivity contribution is 5.79. The lowest BCUT2D eigenvalue weighted by Crippen LogP contribution is -2.42. The van der Waals surface area contributed by atoms with E-state index in [0.29, 0.717) is 13.1 Å². The van der Waals surface area contributed by atoms with Crippen LogP contribution in [0.3, 0.4) is 0 Å². The van der Waals surface area contributed by atoms with Crippen LogP contribution in [0.2, 0.25) is 0 Å². The summed E-state index contributed by atoms with van der Waals surface area (Å²) >= 11 is 0. The number of nitrogens with one attached hydrogen (secondary N) is 2. The number of guanidine groups is 1. The lowest BCUT2D eigenvalue weighted by molar-refractivity contribution is 0.232. The normalized spacial score (nSPS) is 15.7. The third-order valence-electron chi connectivity index (χ3n) is 5.03. The first-order chi connectivity index (χ1) is 13.2. The number of likely N-dealkylation sites (tertiary alicyclic amines) is 1. The van der Waals surface area contributed by atoms with Gasteiger partial charge in [0.15, 0.2) is 11.8 Å². The van der Waals surface area contributed by atoms with Crippen LogP contribution >= 0.6 is 0 Å². The second kappa shape index (κ2) is 10.1. The number of aryl methyl sites for hydroxylation is 1. The van der Waals surface area contributed by atoms with Crippen molar-refractivity contribution in [3.8, 4) is 0 Å². The molecule has 1 aromatic heterocycles. The lowest BCUT2D eigenvalue weighted by Gasteiger charge is -2.26. The number of piperidine rings is 1. The number of benzene rings is 1. The Morgan fingerprint density at radius 3 is 2.56 bits per heavy atom. The lowest BCUT2D eigenvalue weighted by atomic mass is 10.1. The molecule has 2 N–H and O–H groups in total. The number of aromatic nitrogens is 3. The molecule has 3 rings (SSSR count). The Hall–Kier alpha value is -2.41. The van der Waals surface area contributed by atoms with E-state index in [1.54, 1.807) is 0 Å². The van der Waals surface area contributed by atoms with Crippen LogP contribution in [0.5, 0.6) is 0 Å². The molecule has 0 radical (unpaired) electrons. The van der Waals surface area contributed by atoms with Crippen LogP contribution in [-0.4, -0.2) is 51.8 Å². The molecule has 2 aromatic rings. The molecule has 1 aliphatic rings. The second-order valence-corrected chi connectivity index (χ2v) is 7.06. The summed E-state index contributed by atoms with van der Waals surface area (Å²) in [5, 5.41) is 15.2. The SMILES string of the molecule is Cc1nnc(CNC(=NCc2ccccc2)NCCN2CCCCC2)n1C. The zero-order valence-corrected chi connectivity index (χ0v) is 16.5. The fraction of sp³-hybridized carbons (Fsp3) is 0.550. The monoisotopic (exact) mass is 369 g/mol. The summed E-state index contributed by atoms with van der Waals surface area (Å²) in [6.45, 7) is 7.57. The van der Waals surface area contributed by atoms with Crippen molar-refractivity contribution in [3.05, 3.63) is 47.5 Å². The first-order valence-electron chi connectivity index (χ1n) is 9.86. The third-order valence-corrected chi connectivity index (χ3v) is 5.03. The van der Waals surface area contributed by atoms with E-state index in [0.717, 1.165) is 30.7 Å². The minimum absolute atomic E-state index is 0.599. The van der Waals surface area contributed by atoms with Gasteiger partial charge in [-0.15, -0.1) is 10.2 Å². The van der Waals surface area contributed by atoms with Gasteiger partial charge < -0.3 is 20.1 Å². The van der Waals surface area contributed by atoms with Crippen LogP contribution in [0.4, 0.5) is 0 Å². The van der Waals surface area contributed by atoms with E-state index in [9.17, 15) is 0 Å². The van der Waals surface area contributed by atoms with Gasteiger partial charge in [-0.05, 0) is 38.4 Å². The maximum atomic E-state index is 4.75. The molecule has 0 aliphatic carbocycles. The molecule has 0 spiro atoms. The molecule has 7 heteroatoms. The highest BCUT2D eigenvalue weighted by Gasteiger charge is 2.10. The van der Waals surface area contributed by atoms with Crippen molar-refractivity contribution in [2.75, 3.05) is 26.2 Å². The van der Waals surface area contributed by atoms with Crippen molar-refractivity contribution < 1.29 is 0 Å². The minimum Gasteiger partial charge on any atom is -0.355 e. The Kier molecular flexibility index (Phi) is 7.21. The predicted molar refractivity (Wildman–Crippen MR) is 108 cm³/mol. The molecule has 0 atom stereocenters. The molecule has 0 saturated carbocycles. The molecule has 146 valence electrons. The van der Waals surface area contributed by atoms with Gasteiger partial charge >= 0.3 is 0 Å². The average molecular weight is 370 g/mol. The molecule has 7 nitrogen and oxygen atoms in total. The Labute approximate surface area is 161 Å². The van der Waals surface area contributed by atoms with E-state index in [2.05, 4.69) is 37.9 Å². The van der Waals surface area contributed by atoms with E-state index in [-0.39, 0.29) is 0 Å². The Balaban J connectivity index is 1.56. The van der Waals surface area contributed by atoms with Crippen LogP contribution in [0.25, 0.3) is 0 Å². The fourth-order valence-corrected chi connectivity index (χ4v) is 3.21. The number of hydrogen-bond acceptors (Lipinski definition) is 4. The molecular formula is C20H31N7. The summed E-state index contributed by atoms with van der Waals surface area (Å²) in [5.74, 6) is 2.63. The largest absolute Gasteiger partial charge is 0.355 e. The van der Waals surface area contributed by atoms with Crippen molar-refractivity contribution in [1.29, 1.82) is 0 Å². The Morgan fingerprint density at radius 2 is 1.85 bits per heavy atom. The van der Waals surface area contributed by atoms with Gasteiger partial charge in [-0.2, -0.15) is 0 Å². The smallest absolute Gasteiger partial charge is 0.192 e. The standard InChI is InChI=1S/C20H31N7/c1-17-24-25-19(26(17)2)16-23-20(22-15-18-9-5-3-6-10-18)21-11-14-27-12-7-4-8-13-27/h3,5-6,9-10H,4,7-8,11-16H2,1-2H3,(H2,21,22,23). The van der Waals surface area contributed by atoms with Crippen LogP contribution in [0, 0.1) is 6.92 Å². The van der Waals surface area contributed by atoms with Crippen molar-refractivity contribution >= 4 is 5.96 Å². The van der Waals surface area contributed by atoms with E-state index >= 15 is 0 Å². The quantitative estimate of drug-likeness (QED) is 0.576. The maximum absolute atomic E-state index is 4.75. The predicted octanol–water partition coefficient (Wildman–Crippen LogP) is 1.84. The van der Waals surface area contributed by atoms with Crippen molar-refractivity contribution in [2.24, 2.45) is 12.0 Å². The minimum atomic E-state index is 0.599. The molecule has 0 bridgehead atoms. The molecule has 27 heavy (non-hydrogen) atoms. The molecule has 1 aliphatic heterocycles. The van der Waals surface area contributed by atoms with Gasteiger partial charge in [0.1, 0.15) is 5.82 Å². The summed E-state index contributed by atoms with van der Waals surface area (Å²) in [6.07, 6.45) is 4.00. The number of rotatable bonds is 7. The van der Waals surface area contributed by atoms with Crippen molar-refractivity contribution in [2.45, 2.75) is 39.3 Å². The van der Waals surface area contributed by atoms with Crippen LogP contribution < -0.4 is 10.6 Å². The molecule has 1 fully saturated rings. The molecule has 1 saturated heterocycles. The highest BCUT2D eigenvalue weighted by atomic mass is 15.3. The number of hydrogen-bond donors (Lipinski definition) is 2. The Bertz CT molecular complexity index is 717. The van der Waals surface area contributed by atoms with Gasteiger partial charge in [0.05, 0.1) is 13.1 Å². The van der Waals surface area contributed by atoms with E-state index in [1.807, 2.05) is 36.7 Å². The summed E-state index contributed by atoms with van der Waals surface area (Å²) in [7, 11) is 1.98. The van der Waals surface area contributed by atoms with Crippen LogP contribution in [0.1, 0.15) is 36.5 Å². The Morgan fingerprint density at radius 1 is 1.07 bits per heavy atom. The van der Waals surface area contributed by atoms with Gasteiger partial charge in [-0.3, -0.25) is 0 Å².